The van der Waals surface area contributed by atoms with Crippen LogP contribution in [0.3, 0.4) is 0 Å². The van der Waals surface area contributed by atoms with E-state index < -0.39 is 0 Å². The monoisotopic (exact) mass is 286 g/mol. The first kappa shape index (κ1) is 12.8. The quantitative estimate of drug-likeness (QED) is 0.906. The van der Waals surface area contributed by atoms with Crippen molar-refractivity contribution >= 4 is 21.4 Å². The third-order valence-corrected chi connectivity index (χ3v) is 6.36. The Bertz CT molecular complexity index is 573. The molecular weight excluding hydrogens is 264 g/mol. The number of hydrogen-bond donors (Lipinski definition) is 1. The average Bonchev–Trinajstić information content (AvgIpc) is 3.12. The van der Waals surface area contributed by atoms with Crippen LogP contribution in [-0.2, 0) is 0 Å². The van der Waals surface area contributed by atoms with Gasteiger partial charge in [-0.3, -0.25) is 4.90 Å². The average molecular weight is 286 g/mol. The van der Waals surface area contributed by atoms with Crippen molar-refractivity contribution in [3.8, 4) is 0 Å². The molecule has 2 nitrogen and oxygen atoms in total. The third kappa shape index (κ3) is 2.09. The van der Waals surface area contributed by atoms with Gasteiger partial charge in [-0.05, 0) is 56.3 Å². The number of thiophene rings is 1. The van der Waals surface area contributed by atoms with E-state index >= 15 is 0 Å². The van der Waals surface area contributed by atoms with E-state index in [4.69, 9.17) is 0 Å². The molecule has 2 aromatic rings. The predicted octanol–water partition coefficient (Wildman–Crippen LogP) is 3.65. The Morgan fingerprint density at radius 2 is 2.20 bits per heavy atom. The number of piperidine rings is 1. The first-order valence-electron chi connectivity index (χ1n) is 7.78. The minimum Gasteiger partial charge on any atom is -0.315 e. The van der Waals surface area contributed by atoms with Crippen LogP contribution in [0.1, 0.15) is 30.7 Å². The van der Waals surface area contributed by atoms with Crippen LogP contribution in [0.25, 0.3) is 10.1 Å². The minimum atomic E-state index is 0.556. The largest absolute Gasteiger partial charge is 0.315 e. The second-order valence-electron chi connectivity index (χ2n) is 6.23. The summed E-state index contributed by atoms with van der Waals surface area (Å²) in [6, 6.07) is 12.5. The third-order valence-electron chi connectivity index (χ3n) is 5.08. The fraction of sp³-hybridized carbons (Fsp3) is 0.529. The number of benzene rings is 1. The number of likely N-dealkylation sites (tertiary alicyclic amines) is 1. The van der Waals surface area contributed by atoms with Gasteiger partial charge in [0.15, 0.2) is 0 Å². The standard InChI is InChI=1S/C17H22N2S/c1-12(17-9-13-5-2-3-7-16(13)20-17)19-8-4-6-14-10-18-11-15(14)19/h2-3,5,7,9,12,14-15,18H,4,6,8,10-11H2,1H3. The fourth-order valence-corrected chi connectivity index (χ4v) is 5.09. The zero-order valence-electron chi connectivity index (χ0n) is 12.0. The highest BCUT2D eigenvalue weighted by Crippen LogP contribution is 2.37. The molecule has 1 N–H and O–H groups in total. The molecule has 106 valence electrons. The predicted molar refractivity (Wildman–Crippen MR) is 86.3 cm³/mol. The van der Waals surface area contributed by atoms with E-state index in [2.05, 4.69) is 47.5 Å². The number of nitrogens with one attached hydrogen (secondary N) is 1. The van der Waals surface area contributed by atoms with Gasteiger partial charge in [-0.25, -0.2) is 0 Å². The zero-order valence-corrected chi connectivity index (χ0v) is 12.8. The lowest BCUT2D eigenvalue weighted by molar-refractivity contribution is 0.0863. The summed E-state index contributed by atoms with van der Waals surface area (Å²) in [7, 11) is 0. The van der Waals surface area contributed by atoms with Crippen LogP contribution in [0.4, 0.5) is 0 Å². The van der Waals surface area contributed by atoms with Crippen LogP contribution in [0.2, 0.25) is 0 Å². The van der Waals surface area contributed by atoms with Crippen molar-refractivity contribution in [2.24, 2.45) is 5.92 Å². The van der Waals surface area contributed by atoms with Crippen molar-refractivity contribution in [3.63, 3.8) is 0 Å². The van der Waals surface area contributed by atoms with Crippen molar-refractivity contribution in [2.75, 3.05) is 19.6 Å². The molecule has 0 spiro atoms. The molecule has 0 radical (unpaired) electrons. The van der Waals surface area contributed by atoms with Gasteiger partial charge in [0.2, 0.25) is 0 Å². The van der Waals surface area contributed by atoms with Crippen molar-refractivity contribution < 1.29 is 0 Å². The molecule has 3 atom stereocenters. The highest BCUT2D eigenvalue weighted by atomic mass is 32.1. The van der Waals surface area contributed by atoms with Crippen LogP contribution in [0.15, 0.2) is 30.3 Å². The normalized spacial score (nSPS) is 28.6. The van der Waals surface area contributed by atoms with E-state index in [1.54, 1.807) is 0 Å². The molecule has 1 aromatic heterocycles. The van der Waals surface area contributed by atoms with Crippen molar-refractivity contribution in [2.45, 2.75) is 31.8 Å². The Balaban J connectivity index is 1.63. The van der Waals surface area contributed by atoms with Crippen LogP contribution in [0, 0.1) is 5.92 Å². The summed E-state index contributed by atoms with van der Waals surface area (Å²) in [5.74, 6) is 0.876. The highest BCUT2D eigenvalue weighted by molar-refractivity contribution is 7.19. The van der Waals surface area contributed by atoms with Crippen LogP contribution >= 0.6 is 11.3 Å². The zero-order chi connectivity index (χ0) is 13.5. The molecule has 2 saturated heterocycles. The fourth-order valence-electron chi connectivity index (χ4n) is 3.96. The SMILES string of the molecule is CC(c1cc2ccccc2s1)N1CCCC2CNCC21. The first-order chi connectivity index (χ1) is 9.83. The van der Waals surface area contributed by atoms with Crippen molar-refractivity contribution in [1.29, 1.82) is 0 Å². The molecule has 0 saturated carbocycles. The maximum Gasteiger partial charge on any atom is 0.0417 e. The maximum atomic E-state index is 3.59. The lowest BCUT2D eigenvalue weighted by Crippen LogP contribution is -2.45. The molecule has 2 aliphatic heterocycles. The molecule has 2 fully saturated rings. The Hall–Kier alpha value is -0.900. The van der Waals surface area contributed by atoms with Gasteiger partial charge in [0, 0.05) is 28.2 Å². The Kier molecular flexibility index (Phi) is 3.29. The molecule has 1 aromatic carbocycles. The number of fused-ring (bicyclic) bond motifs is 2. The van der Waals surface area contributed by atoms with Crippen molar-refractivity contribution in [3.05, 3.63) is 35.2 Å². The molecule has 0 aliphatic carbocycles. The smallest absolute Gasteiger partial charge is 0.0417 e. The second kappa shape index (κ2) is 5.14. The molecule has 3 heteroatoms. The topological polar surface area (TPSA) is 15.3 Å². The Morgan fingerprint density at radius 3 is 3.10 bits per heavy atom. The minimum absolute atomic E-state index is 0.556. The highest BCUT2D eigenvalue weighted by Gasteiger charge is 2.37. The van der Waals surface area contributed by atoms with Crippen LogP contribution in [-0.4, -0.2) is 30.6 Å². The summed E-state index contributed by atoms with van der Waals surface area (Å²) in [6.45, 7) is 6.06. The van der Waals surface area contributed by atoms with Crippen LogP contribution in [0.5, 0.6) is 0 Å². The molecule has 3 heterocycles. The molecule has 2 aliphatic rings. The number of rotatable bonds is 2. The lowest BCUT2D eigenvalue weighted by atomic mass is 9.90. The second-order valence-corrected chi connectivity index (χ2v) is 7.34. The van der Waals surface area contributed by atoms with Crippen LogP contribution < -0.4 is 5.32 Å². The first-order valence-corrected chi connectivity index (χ1v) is 8.59. The number of nitrogens with zero attached hydrogens (tertiary/aromatic N) is 1. The maximum absolute atomic E-state index is 3.59. The summed E-state index contributed by atoms with van der Waals surface area (Å²) in [5, 5.41) is 4.99. The molecule has 0 amide bonds. The van der Waals surface area contributed by atoms with Gasteiger partial charge in [0.1, 0.15) is 0 Å². The van der Waals surface area contributed by atoms with E-state index in [1.807, 2.05) is 11.3 Å². The van der Waals surface area contributed by atoms with Gasteiger partial charge in [0.25, 0.3) is 0 Å². The van der Waals surface area contributed by atoms with Gasteiger partial charge in [-0.1, -0.05) is 18.2 Å². The van der Waals surface area contributed by atoms with Gasteiger partial charge >= 0.3 is 0 Å². The van der Waals surface area contributed by atoms with E-state index in [9.17, 15) is 0 Å². The Labute approximate surface area is 124 Å². The molecule has 4 rings (SSSR count). The van der Waals surface area contributed by atoms with Gasteiger partial charge in [-0.2, -0.15) is 0 Å². The summed E-state index contributed by atoms with van der Waals surface area (Å²) in [4.78, 5) is 4.28. The lowest BCUT2D eigenvalue weighted by Gasteiger charge is -2.40. The Morgan fingerprint density at radius 1 is 1.30 bits per heavy atom. The summed E-state index contributed by atoms with van der Waals surface area (Å²) < 4.78 is 1.42. The van der Waals surface area contributed by atoms with E-state index in [0.717, 1.165) is 12.0 Å². The summed E-state index contributed by atoms with van der Waals surface area (Å²) in [5.41, 5.74) is 0. The molecule has 3 unspecified atom stereocenters. The van der Waals surface area contributed by atoms with Crippen molar-refractivity contribution in [1.82, 2.24) is 10.2 Å². The van der Waals surface area contributed by atoms with Gasteiger partial charge < -0.3 is 5.32 Å². The molecule has 0 bridgehead atoms. The van der Waals surface area contributed by atoms with E-state index in [-0.39, 0.29) is 0 Å². The molecule has 20 heavy (non-hydrogen) atoms. The molecular formula is C17H22N2S. The summed E-state index contributed by atoms with van der Waals surface area (Å²) in [6.07, 6.45) is 2.77. The number of hydrogen-bond acceptors (Lipinski definition) is 3. The summed E-state index contributed by atoms with van der Waals surface area (Å²) >= 11 is 1.97. The van der Waals surface area contributed by atoms with Gasteiger partial charge in [0.05, 0.1) is 0 Å². The van der Waals surface area contributed by atoms with E-state index in [0.29, 0.717) is 6.04 Å². The van der Waals surface area contributed by atoms with E-state index in [1.165, 1.54) is 47.4 Å². The van der Waals surface area contributed by atoms with Gasteiger partial charge in [-0.15, -0.1) is 11.3 Å².